The van der Waals surface area contributed by atoms with Crippen LogP contribution in [0.2, 0.25) is 0 Å². The Kier molecular flexibility index (Phi) is 7.29. The molecule has 1 saturated heterocycles. The molecule has 0 radical (unpaired) electrons. The Morgan fingerprint density at radius 2 is 1.79 bits per heavy atom. The normalized spacial score (nSPS) is 15.5. The third-order valence-corrected chi connectivity index (χ3v) is 6.61. The van der Waals surface area contributed by atoms with E-state index in [4.69, 9.17) is 14.2 Å². The lowest BCUT2D eigenvalue weighted by molar-refractivity contribution is 0.0857. The molecule has 178 valence electrons. The zero-order valence-corrected chi connectivity index (χ0v) is 19.4. The molecule has 0 bridgehead atoms. The number of sulfonamides is 1. The average Bonchev–Trinajstić information content (AvgIpc) is 3.38. The Labute approximate surface area is 198 Å². The highest BCUT2D eigenvalue weighted by Crippen LogP contribution is 2.24. The van der Waals surface area contributed by atoms with E-state index < -0.39 is 10.0 Å². The van der Waals surface area contributed by atoms with E-state index in [1.807, 2.05) is 0 Å². The van der Waals surface area contributed by atoms with Gasteiger partial charge in [0.15, 0.2) is 0 Å². The number of pyridine rings is 1. The van der Waals surface area contributed by atoms with E-state index in [9.17, 15) is 13.2 Å². The average molecular weight is 484 g/mol. The highest BCUT2D eigenvalue weighted by atomic mass is 32.2. The number of methoxy groups -OCH3 is 1. The quantitative estimate of drug-likeness (QED) is 0.478. The van der Waals surface area contributed by atoms with Crippen LogP contribution in [0.3, 0.4) is 0 Å². The van der Waals surface area contributed by atoms with E-state index in [-0.39, 0.29) is 16.9 Å². The first-order valence-corrected chi connectivity index (χ1v) is 12.2. The number of nitrogens with one attached hydrogen (secondary N) is 2. The van der Waals surface area contributed by atoms with Gasteiger partial charge in [-0.05, 0) is 67.4 Å². The Hall–Kier alpha value is -3.63. The van der Waals surface area contributed by atoms with Crippen molar-refractivity contribution in [3.63, 3.8) is 0 Å². The number of rotatable bonds is 9. The van der Waals surface area contributed by atoms with Crippen molar-refractivity contribution in [3.8, 4) is 17.4 Å². The van der Waals surface area contributed by atoms with Crippen LogP contribution in [0, 0.1) is 0 Å². The standard InChI is InChI=1S/C24H25N3O6S/c1-31-19-9-11-22(12-10-19)34(29,30)27-18-5-7-20(8-6-18)33-23-13-4-17(15-25-23)24(28)26-16-21-3-2-14-32-21/h4-13,15,21,27H,2-3,14,16H2,1H3,(H,26,28). The molecule has 1 amide bonds. The van der Waals surface area contributed by atoms with Crippen molar-refractivity contribution < 1.29 is 27.4 Å². The molecule has 1 aliphatic rings. The van der Waals surface area contributed by atoms with Crippen molar-refractivity contribution in [1.29, 1.82) is 0 Å². The van der Waals surface area contributed by atoms with Gasteiger partial charge in [0.2, 0.25) is 5.88 Å². The van der Waals surface area contributed by atoms with Crippen LogP contribution in [-0.4, -0.2) is 45.7 Å². The van der Waals surface area contributed by atoms with Crippen molar-refractivity contribution in [2.24, 2.45) is 0 Å². The Balaban J connectivity index is 1.32. The first-order valence-electron chi connectivity index (χ1n) is 10.7. The van der Waals surface area contributed by atoms with Crippen LogP contribution in [0.5, 0.6) is 17.4 Å². The van der Waals surface area contributed by atoms with Gasteiger partial charge in [0.05, 0.1) is 23.7 Å². The number of ether oxygens (including phenoxy) is 3. The van der Waals surface area contributed by atoms with Crippen LogP contribution in [0.25, 0.3) is 0 Å². The van der Waals surface area contributed by atoms with Gasteiger partial charge in [-0.25, -0.2) is 13.4 Å². The predicted molar refractivity (Wildman–Crippen MR) is 126 cm³/mol. The Morgan fingerprint density at radius 3 is 2.41 bits per heavy atom. The molecule has 2 N–H and O–H groups in total. The molecule has 3 aromatic rings. The molecule has 9 nitrogen and oxygen atoms in total. The molecule has 1 aromatic heterocycles. The van der Waals surface area contributed by atoms with Gasteiger partial charge >= 0.3 is 0 Å². The third kappa shape index (κ3) is 6.03. The number of anilines is 1. The summed E-state index contributed by atoms with van der Waals surface area (Å²) in [7, 11) is -2.22. The predicted octanol–water partition coefficient (Wildman–Crippen LogP) is 3.59. The fourth-order valence-electron chi connectivity index (χ4n) is 3.37. The van der Waals surface area contributed by atoms with Crippen LogP contribution in [0.1, 0.15) is 23.2 Å². The molecule has 4 rings (SSSR count). The summed E-state index contributed by atoms with van der Waals surface area (Å²) < 4.78 is 43.9. The number of hydrogen-bond donors (Lipinski definition) is 2. The van der Waals surface area contributed by atoms with E-state index in [1.54, 1.807) is 48.5 Å². The minimum Gasteiger partial charge on any atom is -0.497 e. The lowest BCUT2D eigenvalue weighted by Crippen LogP contribution is -2.31. The fraction of sp³-hybridized carbons (Fsp3) is 0.250. The van der Waals surface area contributed by atoms with Gasteiger partial charge in [-0.3, -0.25) is 9.52 Å². The van der Waals surface area contributed by atoms with Crippen molar-refractivity contribution in [2.45, 2.75) is 23.8 Å². The molecular formula is C24H25N3O6S. The van der Waals surface area contributed by atoms with Crippen LogP contribution in [0.15, 0.2) is 71.8 Å². The number of hydrogen-bond acceptors (Lipinski definition) is 7. The zero-order chi connectivity index (χ0) is 24.0. The van der Waals surface area contributed by atoms with Crippen molar-refractivity contribution in [1.82, 2.24) is 10.3 Å². The maximum Gasteiger partial charge on any atom is 0.261 e. The summed E-state index contributed by atoms with van der Waals surface area (Å²) in [5, 5.41) is 2.85. The summed E-state index contributed by atoms with van der Waals surface area (Å²) in [5.74, 6) is 1.13. The van der Waals surface area contributed by atoms with Crippen molar-refractivity contribution >= 4 is 21.6 Å². The van der Waals surface area contributed by atoms with Crippen LogP contribution >= 0.6 is 0 Å². The Morgan fingerprint density at radius 1 is 1.06 bits per heavy atom. The molecular weight excluding hydrogens is 458 g/mol. The highest BCUT2D eigenvalue weighted by Gasteiger charge is 2.17. The molecule has 2 heterocycles. The van der Waals surface area contributed by atoms with Crippen molar-refractivity contribution in [2.75, 3.05) is 25.0 Å². The van der Waals surface area contributed by atoms with Crippen LogP contribution < -0.4 is 19.5 Å². The monoisotopic (exact) mass is 483 g/mol. The lowest BCUT2D eigenvalue weighted by atomic mass is 10.2. The van der Waals surface area contributed by atoms with E-state index in [0.717, 1.165) is 19.4 Å². The number of carbonyl (C=O) groups excluding carboxylic acids is 1. The van der Waals surface area contributed by atoms with Gasteiger partial charge in [-0.1, -0.05) is 0 Å². The van der Waals surface area contributed by atoms with Gasteiger partial charge in [-0.2, -0.15) is 0 Å². The number of benzene rings is 2. The molecule has 1 aliphatic heterocycles. The molecule has 0 saturated carbocycles. The van der Waals surface area contributed by atoms with E-state index >= 15 is 0 Å². The zero-order valence-electron chi connectivity index (χ0n) is 18.6. The second-order valence-electron chi connectivity index (χ2n) is 7.64. The molecule has 0 aliphatic carbocycles. The molecule has 10 heteroatoms. The minimum atomic E-state index is -3.74. The fourth-order valence-corrected chi connectivity index (χ4v) is 4.43. The Bertz CT molecular complexity index is 1210. The van der Waals surface area contributed by atoms with E-state index in [2.05, 4.69) is 15.0 Å². The first-order chi connectivity index (χ1) is 16.4. The first kappa shape index (κ1) is 23.5. The minimum absolute atomic E-state index is 0.0724. The second-order valence-corrected chi connectivity index (χ2v) is 9.32. The number of amides is 1. The number of carbonyl (C=O) groups is 1. The lowest BCUT2D eigenvalue weighted by Gasteiger charge is -2.11. The summed E-state index contributed by atoms with van der Waals surface area (Å²) in [4.78, 5) is 16.5. The van der Waals surface area contributed by atoms with Gasteiger partial charge in [0.25, 0.3) is 15.9 Å². The summed E-state index contributed by atoms with van der Waals surface area (Å²) in [6, 6.07) is 15.7. The molecule has 34 heavy (non-hydrogen) atoms. The second kappa shape index (κ2) is 10.5. The smallest absolute Gasteiger partial charge is 0.261 e. The van der Waals surface area contributed by atoms with Crippen LogP contribution in [-0.2, 0) is 14.8 Å². The highest BCUT2D eigenvalue weighted by molar-refractivity contribution is 7.92. The summed E-state index contributed by atoms with van der Waals surface area (Å²) >= 11 is 0. The van der Waals surface area contributed by atoms with Gasteiger partial charge < -0.3 is 19.5 Å². The van der Waals surface area contributed by atoms with Gasteiger partial charge in [0, 0.05) is 31.1 Å². The molecule has 1 atom stereocenters. The van der Waals surface area contributed by atoms with Gasteiger partial charge in [0.1, 0.15) is 11.5 Å². The molecule has 1 fully saturated rings. The molecule has 1 unspecified atom stereocenters. The number of nitrogens with zero attached hydrogens (tertiary/aromatic N) is 1. The molecule has 0 spiro atoms. The number of aromatic nitrogens is 1. The van der Waals surface area contributed by atoms with Crippen LogP contribution in [0.4, 0.5) is 5.69 Å². The largest absolute Gasteiger partial charge is 0.497 e. The SMILES string of the molecule is COc1ccc(S(=O)(=O)Nc2ccc(Oc3ccc(C(=O)NCC4CCCO4)cn3)cc2)cc1. The summed E-state index contributed by atoms with van der Waals surface area (Å²) in [6.07, 6.45) is 3.48. The maximum atomic E-state index is 12.6. The summed E-state index contributed by atoms with van der Waals surface area (Å²) in [5.41, 5.74) is 0.808. The molecule has 2 aromatic carbocycles. The van der Waals surface area contributed by atoms with Crippen molar-refractivity contribution in [3.05, 3.63) is 72.4 Å². The third-order valence-electron chi connectivity index (χ3n) is 5.21. The topological polar surface area (TPSA) is 116 Å². The van der Waals surface area contributed by atoms with E-state index in [0.29, 0.717) is 35.2 Å². The summed E-state index contributed by atoms with van der Waals surface area (Å²) in [6.45, 7) is 1.22. The van der Waals surface area contributed by atoms with Gasteiger partial charge in [-0.15, -0.1) is 0 Å². The van der Waals surface area contributed by atoms with E-state index in [1.165, 1.54) is 25.4 Å². The maximum absolute atomic E-state index is 12.6.